The van der Waals surface area contributed by atoms with Crippen molar-refractivity contribution in [3.05, 3.63) is 58.1 Å². The van der Waals surface area contributed by atoms with E-state index in [2.05, 4.69) is 6.92 Å². The molecule has 2 aromatic rings. The third-order valence-electron chi connectivity index (χ3n) is 4.11. The number of benzene rings is 2. The molecular weight excluding hydrogens is 340 g/mol. The molecule has 0 spiro atoms. The van der Waals surface area contributed by atoms with Gasteiger partial charge < -0.3 is 9.64 Å². The van der Waals surface area contributed by atoms with E-state index < -0.39 is 4.92 Å². The van der Waals surface area contributed by atoms with Crippen LogP contribution in [-0.2, 0) is 0 Å². The molecule has 2 aromatic carbocycles. The van der Waals surface area contributed by atoms with Gasteiger partial charge in [-0.05, 0) is 30.7 Å². The molecule has 25 heavy (non-hydrogen) atoms. The molecule has 1 heterocycles. The monoisotopic (exact) mass is 358 g/mol. The number of nitro benzene ring substituents is 1. The molecule has 1 amide bonds. The van der Waals surface area contributed by atoms with E-state index >= 15 is 0 Å². The quantitative estimate of drug-likeness (QED) is 0.609. The van der Waals surface area contributed by atoms with Crippen molar-refractivity contribution < 1.29 is 14.5 Å². The second-order valence-electron chi connectivity index (χ2n) is 5.79. The van der Waals surface area contributed by atoms with Crippen molar-refractivity contribution in [1.82, 2.24) is 0 Å². The Bertz CT molecular complexity index is 824. The summed E-state index contributed by atoms with van der Waals surface area (Å²) in [4.78, 5) is 26.5. The highest BCUT2D eigenvalue weighted by Gasteiger charge is 2.27. The molecule has 7 heteroatoms. The Morgan fingerprint density at radius 3 is 2.80 bits per heavy atom. The number of rotatable bonds is 3. The molecule has 1 aliphatic rings. The minimum Gasteiger partial charge on any atom is -0.490 e. The highest BCUT2D eigenvalue weighted by atomic mass is 32.2. The van der Waals surface area contributed by atoms with Crippen LogP contribution in [0.2, 0.25) is 0 Å². The molecule has 0 radical (unpaired) electrons. The van der Waals surface area contributed by atoms with E-state index in [0.717, 1.165) is 17.0 Å². The van der Waals surface area contributed by atoms with Gasteiger partial charge in [-0.3, -0.25) is 14.9 Å². The molecule has 0 unspecified atom stereocenters. The van der Waals surface area contributed by atoms with Crippen molar-refractivity contribution >= 4 is 29.0 Å². The third kappa shape index (κ3) is 3.46. The van der Waals surface area contributed by atoms with E-state index in [1.807, 2.05) is 24.3 Å². The molecule has 0 saturated heterocycles. The van der Waals surface area contributed by atoms with Crippen LogP contribution in [0.1, 0.15) is 23.7 Å². The normalized spacial score (nSPS) is 16.7. The summed E-state index contributed by atoms with van der Waals surface area (Å²) in [5.74, 6) is -0.102. The number of carbonyl (C=O) groups is 1. The van der Waals surface area contributed by atoms with Gasteiger partial charge >= 0.3 is 5.69 Å². The summed E-state index contributed by atoms with van der Waals surface area (Å²) in [6.45, 7) is 2.71. The Balaban J connectivity index is 2.01. The average molecular weight is 358 g/mol. The first kappa shape index (κ1) is 17.3. The minimum atomic E-state index is -0.538. The van der Waals surface area contributed by atoms with Gasteiger partial charge in [0.1, 0.15) is 0 Å². The first-order valence-electron chi connectivity index (χ1n) is 7.91. The number of hydrogen-bond acceptors (Lipinski definition) is 5. The van der Waals surface area contributed by atoms with Crippen molar-refractivity contribution in [1.29, 1.82) is 0 Å². The zero-order valence-electron chi connectivity index (χ0n) is 14.0. The molecular formula is C18H18N2O4S. The van der Waals surface area contributed by atoms with Gasteiger partial charge in [0.05, 0.1) is 17.7 Å². The maximum atomic E-state index is 13.0. The molecule has 0 bridgehead atoms. The average Bonchev–Trinajstić information content (AvgIpc) is 2.78. The molecule has 1 aliphatic heterocycles. The van der Waals surface area contributed by atoms with E-state index in [1.165, 1.54) is 19.2 Å². The maximum Gasteiger partial charge on any atom is 0.311 e. The first-order chi connectivity index (χ1) is 12.0. The summed E-state index contributed by atoms with van der Waals surface area (Å²) < 4.78 is 5.01. The minimum absolute atomic E-state index is 0.141. The van der Waals surface area contributed by atoms with Crippen molar-refractivity contribution in [2.24, 2.45) is 0 Å². The highest BCUT2D eigenvalue weighted by molar-refractivity contribution is 8.00. The topological polar surface area (TPSA) is 72.7 Å². The Kier molecular flexibility index (Phi) is 4.94. The standard InChI is InChI=1S/C18H18N2O4S/c1-12-9-10-19(14-5-3-4-6-17(14)25-12)18(21)13-7-8-16(24-2)15(11-13)20(22)23/h3-8,11-12H,9-10H2,1-2H3/t12-/m1/s1. The molecule has 130 valence electrons. The number of fused-ring (bicyclic) bond motifs is 1. The van der Waals surface area contributed by atoms with Crippen LogP contribution in [0.4, 0.5) is 11.4 Å². The van der Waals surface area contributed by atoms with Gasteiger partial charge in [0.25, 0.3) is 5.91 Å². The van der Waals surface area contributed by atoms with Crippen LogP contribution in [0.3, 0.4) is 0 Å². The lowest BCUT2D eigenvalue weighted by atomic mass is 10.1. The number of para-hydroxylation sites is 1. The fourth-order valence-electron chi connectivity index (χ4n) is 2.82. The lowest BCUT2D eigenvalue weighted by Gasteiger charge is -2.22. The molecule has 3 rings (SSSR count). The molecule has 0 fully saturated rings. The van der Waals surface area contributed by atoms with Gasteiger partial charge in [0.2, 0.25) is 0 Å². The van der Waals surface area contributed by atoms with Crippen LogP contribution in [0.25, 0.3) is 0 Å². The first-order valence-corrected chi connectivity index (χ1v) is 8.79. The number of amides is 1. The largest absolute Gasteiger partial charge is 0.490 e. The maximum absolute atomic E-state index is 13.0. The lowest BCUT2D eigenvalue weighted by molar-refractivity contribution is -0.385. The van der Waals surface area contributed by atoms with Gasteiger partial charge in [-0.25, -0.2) is 0 Å². The number of thioether (sulfide) groups is 1. The van der Waals surface area contributed by atoms with Crippen LogP contribution in [0.15, 0.2) is 47.4 Å². The number of methoxy groups -OCH3 is 1. The summed E-state index contributed by atoms with van der Waals surface area (Å²) in [6, 6.07) is 12.1. The number of anilines is 1. The second-order valence-corrected chi connectivity index (χ2v) is 7.27. The van der Waals surface area contributed by atoms with Crippen LogP contribution in [0, 0.1) is 10.1 Å². The van der Waals surface area contributed by atoms with Crippen LogP contribution in [-0.4, -0.2) is 29.7 Å². The lowest BCUT2D eigenvalue weighted by Crippen LogP contribution is -2.32. The number of nitrogens with zero attached hydrogens (tertiary/aromatic N) is 2. The molecule has 6 nitrogen and oxygen atoms in total. The summed E-state index contributed by atoms with van der Waals surface area (Å²) in [5.41, 5.74) is 0.918. The molecule has 0 N–H and O–H groups in total. The number of ether oxygens (including phenoxy) is 1. The summed E-state index contributed by atoms with van der Waals surface area (Å²) in [7, 11) is 1.37. The highest BCUT2D eigenvalue weighted by Crippen LogP contribution is 2.38. The fourth-order valence-corrected chi connectivity index (χ4v) is 3.93. The second kappa shape index (κ2) is 7.14. The van der Waals surface area contributed by atoms with Gasteiger partial charge in [-0.15, -0.1) is 11.8 Å². The summed E-state index contributed by atoms with van der Waals surface area (Å²) in [6.07, 6.45) is 0.851. The number of hydrogen-bond donors (Lipinski definition) is 0. The molecule has 0 aromatic heterocycles. The van der Waals surface area contributed by atoms with E-state index in [1.54, 1.807) is 22.7 Å². The number of carbonyl (C=O) groups excluding carboxylic acids is 1. The van der Waals surface area contributed by atoms with Crippen molar-refractivity contribution in [3.63, 3.8) is 0 Å². The van der Waals surface area contributed by atoms with Crippen LogP contribution >= 0.6 is 11.8 Å². The Morgan fingerprint density at radius 1 is 1.32 bits per heavy atom. The van der Waals surface area contributed by atoms with Crippen molar-refractivity contribution in [2.45, 2.75) is 23.5 Å². The third-order valence-corrected chi connectivity index (χ3v) is 5.35. The Morgan fingerprint density at radius 2 is 2.08 bits per heavy atom. The smallest absolute Gasteiger partial charge is 0.311 e. The predicted molar refractivity (Wildman–Crippen MR) is 97.7 cm³/mol. The number of nitro groups is 1. The molecule has 1 atom stereocenters. The summed E-state index contributed by atoms with van der Waals surface area (Å²) in [5, 5.41) is 11.6. The van der Waals surface area contributed by atoms with Gasteiger partial charge in [-0.1, -0.05) is 19.1 Å². The van der Waals surface area contributed by atoms with E-state index in [9.17, 15) is 14.9 Å². The molecule has 0 aliphatic carbocycles. The van der Waals surface area contributed by atoms with Crippen molar-refractivity contribution in [2.75, 3.05) is 18.6 Å². The van der Waals surface area contributed by atoms with Crippen LogP contribution in [0.5, 0.6) is 5.75 Å². The zero-order valence-corrected chi connectivity index (χ0v) is 14.8. The Labute approximate surface area is 149 Å². The SMILES string of the molecule is COc1ccc(C(=O)N2CC[C@@H](C)Sc3ccccc32)cc1[N+](=O)[O-]. The fraction of sp³-hybridized carbons (Fsp3) is 0.278. The summed E-state index contributed by atoms with van der Waals surface area (Å²) >= 11 is 1.74. The van der Waals surface area contributed by atoms with Gasteiger partial charge in [-0.2, -0.15) is 0 Å². The van der Waals surface area contributed by atoms with E-state index in [4.69, 9.17) is 4.74 Å². The predicted octanol–water partition coefficient (Wildman–Crippen LogP) is 4.13. The van der Waals surface area contributed by atoms with Crippen molar-refractivity contribution in [3.8, 4) is 5.75 Å². The van der Waals surface area contributed by atoms with E-state index in [0.29, 0.717) is 11.8 Å². The van der Waals surface area contributed by atoms with Crippen LogP contribution < -0.4 is 9.64 Å². The van der Waals surface area contributed by atoms with Gasteiger partial charge in [0, 0.05) is 28.3 Å². The van der Waals surface area contributed by atoms with E-state index in [-0.39, 0.29) is 22.9 Å². The zero-order chi connectivity index (χ0) is 18.0. The Hall–Kier alpha value is -2.54. The molecule has 0 saturated carbocycles. The van der Waals surface area contributed by atoms with Gasteiger partial charge in [0.15, 0.2) is 5.75 Å².